The van der Waals surface area contributed by atoms with Crippen LogP contribution >= 0.6 is 11.8 Å². The number of amides is 3. The number of rotatable bonds is 6. The summed E-state index contributed by atoms with van der Waals surface area (Å²) in [5.74, 6) is 0.739. The van der Waals surface area contributed by atoms with Gasteiger partial charge in [0.15, 0.2) is 0 Å². The number of hydrogen-bond acceptors (Lipinski definition) is 5. The highest BCUT2D eigenvalue weighted by atomic mass is 32.2. The first-order chi connectivity index (χ1) is 13.1. The molecule has 0 bridgehead atoms. The lowest BCUT2D eigenvalue weighted by Crippen LogP contribution is -2.47. The fourth-order valence-corrected chi connectivity index (χ4v) is 4.26. The van der Waals surface area contributed by atoms with E-state index in [-0.39, 0.29) is 23.8 Å². The number of piperidine rings is 2. The largest absolute Gasteiger partial charge is 0.472 e. The van der Waals surface area contributed by atoms with E-state index in [4.69, 9.17) is 4.42 Å². The van der Waals surface area contributed by atoms with Gasteiger partial charge in [-0.15, -0.1) is 11.8 Å². The van der Waals surface area contributed by atoms with Crippen LogP contribution in [0.5, 0.6) is 0 Å². The van der Waals surface area contributed by atoms with Gasteiger partial charge in [0, 0.05) is 32.2 Å². The highest BCUT2D eigenvalue weighted by Gasteiger charge is 2.25. The number of nitrogens with zero attached hydrogens (tertiary/aromatic N) is 2. The molecule has 0 aromatic carbocycles. The van der Waals surface area contributed by atoms with E-state index in [0.29, 0.717) is 30.2 Å². The average molecular weight is 394 g/mol. The van der Waals surface area contributed by atoms with Crippen LogP contribution < -0.4 is 5.32 Å². The number of hydrogen-bond donors (Lipinski definition) is 1. The minimum Gasteiger partial charge on any atom is -0.472 e. The predicted octanol–water partition coefficient (Wildman–Crippen LogP) is 1.75. The third kappa shape index (κ3) is 5.76. The Bertz CT molecular complexity index is 635. The van der Waals surface area contributed by atoms with Crippen LogP contribution in [0.25, 0.3) is 0 Å². The molecule has 3 heterocycles. The number of thioether (sulfide) groups is 1. The Balaban J connectivity index is 1.31. The van der Waals surface area contributed by atoms with E-state index in [0.717, 1.165) is 38.8 Å². The smallest absolute Gasteiger partial charge is 0.257 e. The van der Waals surface area contributed by atoms with E-state index in [2.05, 4.69) is 5.32 Å². The number of nitrogens with one attached hydrogen (secondary N) is 1. The van der Waals surface area contributed by atoms with Crippen molar-refractivity contribution in [2.75, 3.05) is 37.7 Å². The molecule has 0 atom stereocenters. The minimum atomic E-state index is -0.0361. The van der Waals surface area contributed by atoms with E-state index >= 15 is 0 Å². The van der Waals surface area contributed by atoms with E-state index in [1.165, 1.54) is 30.7 Å². The molecule has 3 amide bonds. The summed E-state index contributed by atoms with van der Waals surface area (Å²) in [5, 5.41) is 3.03. The lowest BCUT2D eigenvalue weighted by atomic mass is 10.0. The second-order valence-electron chi connectivity index (χ2n) is 7.08. The molecule has 2 aliphatic heterocycles. The van der Waals surface area contributed by atoms with E-state index in [1.807, 2.05) is 4.90 Å². The van der Waals surface area contributed by atoms with Gasteiger partial charge in [-0.05, 0) is 38.2 Å². The van der Waals surface area contributed by atoms with Gasteiger partial charge in [-0.1, -0.05) is 0 Å². The third-order valence-corrected chi connectivity index (χ3v) is 6.00. The SMILES string of the molecule is O=C(CSCC(=O)N1CCCCC1)NC1CCN(C(=O)c2ccoc2)CC1. The maximum Gasteiger partial charge on any atom is 0.257 e. The minimum absolute atomic E-state index is 0.0275. The number of furan rings is 1. The molecular weight excluding hydrogens is 366 g/mol. The van der Waals surface area contributed by atoms with Crippen molar-refractivity contribution in [3.05, 3.63) is 24.2 Å². The van der Waals surface area contributed by atoms with Crippen molar-refractivity contribution in [2.24, 2.45) is 0 Å². The summed E-state index contributed by atoms with van der Waals surface area (Å²) < 4.78 is 4.96. The van der Waals surface area contributed by atoms with Crippen LogP contribution in [0, 0.1) is 0 Å². The highest BCUT2D eigenvalue weighted by Crippen LogP contribution is 2.15. The summed E-state index contributed by atoms with van der Waals surface area (Å²) in [6.07, 6.45) is 7.80. The molecule has 1 N–H and O–H groups in total. The molecule has 0 unspecified atom stereocenters. The quantitative estimate of drug-likeness (QED) is 0.796. The van der Waals surface area contributed by atoms with Crippen molar-refractivity contribution in [3.8, 4) is 0 Å². The van der Waals surface area contributed by atoms with Crippen molar-refractivity contribution in [3.63, 3.8) is 0 Å². The summed E-state index contributed by atoms with van der Waals surface area (Å²) in [7, 11) is 0. The lowest BCUT2D eigenvalue weighted by Gasteiger charge is -2.32. The fraction of sp³-hybridized carbons (Fsp3) is 0.632. The van der Waals surface area contributed by atoms with Gasteiger partial charge >= 0.3 is 0 Å². The standard InChI is InChI=1S/C19H27N3O4S/c23-17(13-27-14-18(24)21-7-2-1-3-8-21)20-16-4-9-22(10-5-16)19(25)15-6-11-26-12-15/h6,11-12,16H,1-5,7-10,13-14H2,(H,20,23). The molecule has 2 saturated heterocycles. The first-order valence-electron chi connectivity index (χ1n) is 9.60. The Kier molecular flexibility index (Phi) is 7.20. The maximum absolute atomic E-state index is 12.3. The Morgan fingerprint density at radius 1 is 1.04 bits per heavy atom. The molecule has 0 aliphatic carbocycles. The lowest BCUT2D eigenvalue weighted by molar-refractivity contribution is -0.129. The van der Waals surface area contributed by atoms with Crippen LogP contribution in [-0.4, -0.2) is 71.2 Å². The van der Waals surface area contributed by atoms with Crippen molar-refractivity contribution in [1.29, 1.82) is 0 Å². The molecule has 3 rings (SSSR count). The Hall–Kier alpha value is -1.96. The van der Waals surface area contributed by atoms with Gasteiger partial charge in [-0.2, -0.15) is 0 Å². The molecule has 2 fully saturated rings. The first-order valence-corrected chi connectivity index (χ1v) is 10.8. The summed E-state index contributed by atoms with van der Waals surface area (Å²) in [6.45, 7) is 2.94. The van der Waals surface area contributed by atoms with Crippen molar-refractivity contribution < 1.29 is 18.8 Å². The molecule has 0 saturated carbocycles. The summed E-state index contributed by atoms with van der Waals surface area (Å²) in [6, 6.07) is 1.75. The van der Waals surface area contributed by atoms with Gasteiger partial charge in [0.2, 0.25) is 11.8 Å². The molecular formula is C19H27N3O4S. The van der Waals surface area contributed by atoms with Gasteiger partial charge in [-0.3, -0.25) is 14.4 Å². The molecule has 148 valence electrons. The number of carbonyl (C=O) groups excluding carboxylic acids is 3. The first kappa shape index (κ1) is 19.8. The molecule has 2 aliphatic rings. The number of likely N-dealkylation sites (tertiary alicyclic amines) is 2. The van der Waals surface area contributed by atoms with Gasteiger partial charge in [0.25, 0.3) is 5.91 Å². The maximum atomic E-state index is 12.3. The topological polar surface area (TPSA) is 82.9 Å². The Labute approximate surface area is 163 Å². The van der Waals surface area contributed by atoms with Crippen LogP contribution in [0.4, 0.5) is 0 Å². The van der Waals surface area contributed by atoms with Gasteiger partial charge in [-0.25, -0.2) is 0 Å². The molecule has 27 heavy (non-hydrogen) atoms. The predicted molar refractivity (Wildman–Crippen MR) is 104 cm³/mol. The molecule has 0 radical (unpaired) electrons. The Morgan fingerprint density at radius 2 is 1.78 bits per heavy atom. The average Bonchev–Trinajstić information content (AvgIpc) is 3.23. The summed E-state index contributed by atoms with van der Waals surface area (Å²) in [5.41, 5.74) is 0.562. The molecule has 8 heteroatoms. The van der Waals surface area contributed by atoms with Crippen LogP contribution in [-0.2, 0) is 9.59 Å². The number of carbonyl (C=O) groups is 3. The fourth-order valence-electron chi connectivity index (χ4n) is 3.53. The van der Waals surface area contributed by atoms with Crippen molar-refractivity contribution in [1.82, 2.24) is 15.1 Å². The van der Waals surface area contributed by atoms with Crippen molar-refractivity contribution in [2.45, 2.75) is 38.1 Å². The van der Waals surface area contributed by atoms with Gasteiger partial charge in [0.05, 0.1) is 23.3 Å². The second-order valence-corrected chi connectivity index (χ2v) is 8.07. The van der Waals surface area contributed by atoms with E-state index in [1.54, 1.807) is 11.0 Å². The second kappa shape index (κ2) is 9.82. The van der Waals surface area contributed by atoms with E-state index < -0.39 is 0 Å². The van der Waals surface area contributed by atoms with Crippen molar-refractivity contribution >= 4 is 29.5 Å². The monoisotopic (exact) mass is 393 g/mol. The molecule has 1 aromatic heterocycles. The van der Waals surface area contributed by atoms with E-state index in [9.17, 15) is 14.4 Å². The van der Waals surface area contributed by atoms with Crippen LogP contribution in [0.2, 0.25) is 0 Å². The van der Waals surface area contributed by atoms with Crippen LogP contribution in [0.1, 0.15) is 42.5 Å². The molecule has 0 spiro atoms. The molecule has 1 aromatic rings. The third-order valence-electron chi connectivity index (χ3n) is 5.08. The van der Waals surface area contributed by atoms with Crippen LogP contribution in [0.15, 0.2) is 23.0 Å². The molecule has 7 nitrogen and oxygen atoms in total. The summed E-state index contributed by atoms with van der Waals surface area (Å²) in [4.78, 5) is 40.2. The van der Waals surface area contributed by atoms with Crippen LogP contribution in [0.3, 0.4) is 0 Å². The zero-order valence-electron chi connectivity index (χ0n) is 15.5. The zero-order valence-corrected chi connectivity index (χ0v) is 16.3. The normalized spacial score (nSPS) is 18.4. The highest BCUT2D eigenvalue weighted by molar-refractivity contribution is 8.00. The summed E-state index contributed by atoms with van der Waals surface area (Å²) >= 11 is 1.38. The Morgan fingerprint density at radius 3 is 2.44 bits per heavy atom. The zero-order chi connectivity index (χ0) is 19.1. The van der Waals surface area contributed by atoms with Gasteiger partial charge in [0.1, 0.15) is 6.26 Å². The van der Waals surface area contributed by atoms with Gasteiger partial charge < -0.3 is 19.5 Å².